The van der Waals surface area contributed by atoms with Gasteiger partial charge in [0.2, 0.25) is 0 Å². The van der Waals surface area contributed by atoms with Crippen molar-refractivity contribution in [3.05, 3.63) is 52.9 Å². The number of hydrogen-bond acceptors (Lipinski definition) is 3. The van der Waals surface area contributed by atoms with E-state index in [-0.39, 0.29) is 6.04 Å². The Kier molecular flexibility index (Phi) is 4.84. The third-order valence-electron chi connectivity index (χ3n) is 2.59. The number of rotatable bonds is 6. The molecule has 0 aliphatic carbocycles. The molecule has 0 radical (unpaired) electrons. The zero-order valence-corrected chi connectivity index (χ0v) is 11.8. The van der Waals surface area contributed by atoms with Crippen LogP contribution in [0, 0.1) is 0 Å². The van der Waals surface area contributed by atoms with Crippen LogP contribution in [0.3, 0.4) is 0 Å². The molecule has 4 heteroatoms. The minimum Gasteiger partial charge on any atom is -0.492 e. The molecule has 3 nitrogen and oxygen atoms in total. The number of ether oxygens (including phenoxy) is 1. The SMILES string of the molecule is CC(NCCOc1ccccc1)c1ccc(Br)o1. The first-order chi connectivity index (χ1) is 8.75. The molecule has 0 bridgehead atoms. The first kappa shape index (κ1) is 13.2. The fraction of sp³-hybridized carbons (Fsp3) is 0.286. The lowest BCUT2D eigenvalue weighted by atomic mass is 10.2. The van der Waals surface area contributed by atoms with Crippen LogP contribution in [-0.4, -0.2) is 13.2 Å². The lowest BCUT2D eigenvalue weighted by Crippen LogP contribution is -2.24. The smallest absolute Gasteiger partial charge is 0.169 e. The normalized spacial score (nSPS) is 12.3. The Bertz CT molecular complexity index is 470. The van der Waals surface area contributed by atoms with Crippen LogP contribution in [0.15, 0.2) is 51.6 Å². The summed E-state index contributed by atoms with van der Waals surface area (Å²) in [7, 11) is 0. The highest BCUT2D eigenvalue weighted by Crippen LogP contribution is 2.19. The van der Waals surface area contributed by atoms with E-state index in [9.17, 15) is 0 Å². The van der Waals surface area contributed by atoms with Gasteiger partial charge in [0.15, 0.2) is 4.67 Å². The molecule has 0 spiro atoms. The highest BCUT2D eigenvalue weighted by molar-refractivity contribution is 9.10. The van der Waals surface area contributed by atoms with E-state index < -0.39 is 0 Å². The number of nitrogens with one attached hydrogen (secondary N) is 1. The molecule has 2 aromatic rings. The summed E-state index contributed by atoms with van der Waals surface area (Å²) in [6, 6.07) is 13.8. The highest BCUT2D eigenvalue weighted by Gasteiger charge is 2.08. The van der Waals surface area contributed by atoms with Crippen LogP contribution in [-0.2, 0) is 0 Å². The quantitative estimate of drug-likeness (QED) is 0.825. The van der Waals surface area contributed by atoms with Gasteiger partial charge in [-0.05, 0) is 47.1 Å². The van der Waals surface area contributed by atoms with Gasteiger partial charge in [-0.2, -0.15) is 0 Å². The third-order valence-corrected chi connectivity index (χ3v) is 3.01. The van der Waals surface area contributed by atoms with Gasteiger partial charge in [0.05, 0.1) is 6.04 Å². The first-order valence-electron chi connectivity index (χ1n) is 5.92. The van der Waals surface area contributed by atoms with Gasteiger partial charge in [-0.15, -0.1) is 0 Å². The monoisotopic (exact) mass is 309 g/mol. The summed E-state index contributed by atoms with van der Waals surface area (Å²) in [4.78, 5) is 0. The molecule has 96 valence electrons. The Morgan fingerprint density at radius 3 is 2.67 bits per heavy atom. The van der Waals surface area contributed by atoms with E-state index in [4.69, 9.17) is 9.15 Å². The van der Waals surface area contributed by atoms with Gasteiger partial charge in [-0.1, -0.05) is 18.2 Å². The summed E-state index contributed by atoms with van der Waals surface area (Å²) in [5.74, 6) is 1.81. The second kappa shape index (κ2) is 6.61. The maximum absolute atomic E-state index is 5.60. The van der Waals surface area contributed by atoms with Crippen LogP contribution >= 0.6 is 15.9 Å². The Balaban J connectivity index is 1.69. The fourth-order valence-corrected chi connectivity index (χ4v) is 1.94. The largest absolute Gasteiger partial charge is 0.492 e. The van der Waals surface area contributed by atoms with Crippen molar-refractivity contribution in [2.75, 3.05) is 13.2 Å². The van der Waals surface area contributed by atoms with E-state index in [0.717, 1.165) is 22.7 Å². The summed E-state index contributed by atoms with van der Waals surface area (Å²) in [6.07, 6.45) is 0. The maximum atomic E-state index is 5.60. The zero-order chi connectivity index (χ0) is 12.8. The first-order valence-corrected chi connectivity index (χ1v) is 6.71. The van der Waals surface area contributed by atoms with Crippen molar-refractivity contribution in [3.63, 3.8) is 0 Å². The van der Waals surface area contributed by atoms with Gasteiger partial charge in [0.25, 0.3) is 0 Å². The molecule has 0 amide bonds. The predicted octanol–water partition coefficient (Wildman–Crippen LogP) is 3.77. The van der Waals surface area contributed by atoms with Crippen LogP contribution in [0.25, 0.3) is 0 Å². The molecule has 0 saturated carbocycles. The molecular formula is C14H16BrNO2. The van der Waals surface area contributed by atoms with Gasteiger partial charge < -0.3 is 14.5 Å². The average Bonchev–Trinajstić information content (AvgIpc) is 2.82. The molecule has 2 rings (SSSR count). The standard InChI is InChI=1S/C14H16BrNO2/c1-11(13-7-8-14(15)18-13)16-9-10-17-12-5-3-2-4-6-12/h2-8,11,16H,9-10H2,1H3. The highest BCUT2D eigenvalue weighted by atomic mass is 79.9. The molecule has 0 aliphatic heterocycles. The summed E-state index contributed by atoms with van der Waals surface area (Å²) in [5, 5.41) is 3.34. The number of para-hydroxylation sites is 1. The van der Waals surface area contributed by atoms with Crippen molar-refractivity contribution in [1.82, 2.24) is 5.32 Å². The molecule has 0 aliphatic rings. The molecule has 1 unspecified atom stereocenters. The minimum absolute atomic E-state index is 0.177. The van der Waals surface area contributed by atoms with Crippen molar-refractivity contribution < 1.29 is 9.15 Å². The van der Waals surface area contributed by atoms with Crippen LogP contribution in [0.5, 0.6) is 5.75 Å². The van der Waals surface area contributed by atoms with Gasteiger partial charge in [-0.3, -0.25) is 0 Å². The fourth-order valence-electron chi connectivity index (χ4n) is 1.62. The molecule has 1 N–H and O–H groups in total. The summed E-state index contributed by atoms with van der Waals surface area (Å²) < 4.78 is 11.8. The Labute approximate surface area is 115 Å². The third kappa shape index (κ3) is 3.89. The predicted molar refractivity (Wildman–Crippen MR) is 74.8 cm³/mol. The van der Waals surface area contributed by atoms with Gasteiger partial charge in [0.1, 0.15) is 18.1 Å². The maximum Gasteiger partial charge on any atom is 0.169 e. The number of benzene rings is 1. The topological polar surface area (TPSA) is 34.4 Å². The molecule has 18 heavy (non-hydrogen) atoms. The summed E-state index contributed by atoms with van der Waals surface area (Å²) >= 11 is 3.29. The minimum atomic E-state index is 0.177. The van der Waals surface area contributed by atoms with Crippen molar-refractivity contribution in [2.24, 2.45) is 0 Å². The van der Waals surface area contributed by atoms with Crippen molar-refractivity contribution in [3.8, 4) is 5.75 Å². The van der Waals surface area contributed by atoms with Gasteiger partial charge in [0, 0.05) is 6.54 Å². The second-order valence-corrected chi connectivity index (χ2v) is 4.76. The van der Waals surface area contributed by atoms with Crippen LogP contribution in [0.2, 0.25) is 0 Å². The summed E-state index contributed by atoms with van der Waals surface area (Å²) in [6.45, 7) is 3.47. The lowest BCUT2D eigenvalue weighted by Gasteiger charge is -2.12. The van der Waals surface area contributed by atoms with Crippen molar-refractivity contribution in [2.45, 2.75) is 13.0 Å². The van der Waals surface area contributed by atoms with Gasteiger partial charge >= 0.3 is 0 Å². The molecule has 1 aromatic carbocycles. The number of halogens is 1. The Hall–Kier alpha value is -1.26. The van der Waals surface area contributed by atoms with E-state index in [1.54, 1.807) is 0 Å². The van der Waals surface area contributed by atoms with Crippen LogP contribution in [0.1, 0.15) is 18.7 Å². The summed E-state index contributed by atoms with van der Waals surface area (Å²) in [5.41, 5.74) is 0. The lowest BCUT2D eigenvalue weighted by molar-refractivity contribution is 0.301. The second-order valence-electron chi connectivity index (χ2n) is 3.98. The molecular weight excluding hydrogens is 294 g/mol. The molecule has 0 fully saturated rings. The Morgan fingerprint density at radius 1 is 1.22 bits per heavy atom. The average molecular weight is 310 g/mol. The number of hydrogen-bond donors (Lipinski definition) is 1. The van der Waals surface area contributed by atoms with E-state index in [2.05, 4.69) is 28.2 Å². The molecule has 1 heterocycles. The zero-order valence-electron chi connectivity index (χ0n) is 10.2. The van der Waals surface area contributed by atoms with Crippen molar-refractivity contribution >= 4 is 15.9 Å². The van der Waals surface area contributed by atoms with E-state index >= 15 is 0 Å². The Morgan fingerprint density at radius 2 is 2.00 bits per heavy atom. The van der Waals surface area contributed by atoms with Crippen molar-refractivity contribution in [1.29, 1.82) is 0 Å². The van der Waals surface area contributed by atoms with Crippen LogP contribution in [0.4, 0.5) is 0 Å². The van der Waals surface area contributed by atoms with Gasteiger partial charge in [-0.25, -0.2) is 0 Å². The van der Waals surface area contributed by atoms with E-state index in [1.807, 2.05) is 42.5 Å². The van der Waals surface area contributed by atoms with E-state index in [1.165, 1.54) is 0 Å². The molecule has 1 atom stereocenters. The van der Waals surface area contributed by atoms with Crippen LogP contribution < -0.4 is 10.1 Å². The number of furan rings is 1. The molecule has 1 aromatic heterocycles. The van der Waals surface area contributed by atoms with E-state index in [0.29, 0.717) is 6.61 Å². The molecule has 0 saturated heterocycles.